The van der Waals surface area contributed by atoms with Gasteiger partial charge < -0.3 is 15.1 Å². The number of hydrogen-bond donors (Lipinski definition) is 2. The third-order valence-electron chi connectivity index (χ3n) is 2.49. The molecule has 0 atom stereocenters. The minimum atomic E-state index is 0.457. The summed E-state index contributed by atoms with van der Waals surface area (Å²) in [6, 6.07) is 8.66. The van der Waals surface area contributed by atoms with E-state index in [-0.39, 0.29) is 0 Å². The second-order valence-electron chi connectivity index (χ2n) is 3.81. The quantitative estimate of drug-likeness (QED) is 0.821. The zero-order valence-corrected chi connectivity index (χ0v) is 10.0. The van der Waals surface area contributed by atoms with Crippen LogP contribution in [0.2, 0.25) is 0 Å². The van der Waals surface area contributed by atoms with Crippen molar-refractivity contribution in [3.8, 4) is 0 Å². The van der Waals surface area contributed by atoms with Gasteiger partial charge in [0.05, 0.1) is 6.54 Å². The monoisotopic (exact) mass is 232 g/mol. The van der Waals surface area contributed by atoms with Crippen LogP contribution < -0.4 is 10.6 Å². The molecule has 0 amide bonds. The van der Waals surface area contributed by atoms with Crippen molar-refractivity contribution in [2.24, 2.45) is 0 Å². The van der Waals surface area contributed by atoms with Crippen LogP contribution in [0.15, 0.2) is 28.7 Å². The van der Waals surface area contributed by atoms with E-state index in [4.69, 9.17) is 4.42 Å². The molecule has 1 aromatic heterocycles. The summed E-state index contributed by atoms with van der Waals surface area (Å²) in [6.45, 7) is 3.35. The van der Waals surface area contributed by atoms with E-state index in [0.717, 1.165) is 0 Å². The highest BCUT2D eigenvalue weighted by Gasteiger charge is 2.04. The van der Waals surface area contributed by atoms with Gasteiger partial charge in [-0.25, -0.2) is 0 Å². The van der Waals surface area contributed by atoms with E-state index < -0.39 is 0 Å². The Kier molecular flexibility index (Phi) is 3.72. The number of hydrogen-bond acceptors (Lipinski definition) is 5. The summed E-state index contributed by atoms with van der Waals surface area (Å²) in [5, 5.41) is 13.9. The second kappa shape index (κ2) is 5.45. The molecule has 0 radical (unpaired) electrons. The average molecular weight is 232 g/mol. The molecule has 0 bridgehead atoms. The minimum Gasteiger partial charge on any atom is -0.407 e. The highest BCUT2D eigenvalue weighted by molar-refractivity contribution is 5.29. The zero-order chi connectivity index (χ0) is 12.1. The maximum absolute atomic E-state index is 5.39. The molecule has 0 unspecified atom stereocenters. The van der Waals surface area contributed by atoms with E-state index in [9.17, 15) is 0 Å². The summed E-state index contributed by atoms with van der Waals surface area (Å²) in [4.78, 5) is 0. The van der Waals surface area contributed by atoms with Crippen LogP contribution in [0.3, 0.4) is 0 Å². The van der Waals surface area contributed by atoms with Crippen LogP contribution in [-0.4, -0.2) is 17.2 Å². The van der Waals surface area contributed by atoms with Gasteiger partial charge in [0.1, 0.15) is 0 Å². The molecular weight excluding hydrogens is 216 g/mol. The molecule has 1 heterocycles. The van der Waals surface area contributed by atoms with E-state index in [1.807, 2.05) is 19.2 Å². The molecule has 0 saturated carbocycles. The van der Waals surface area contributed by atoms with Crippen LogP contribution >= 0.6 is 0 Å². The van der Waals surface area contributed by atoms with Crippen LogP contribution in [-0.2, 0) is 13.1 Å². The van der Waals surface area contributed by atoms with Crippen molar-refractivity contribution in [3.05, 3.63) is 41.3 Å². The minimum absolute atomic E-state index is 0.457. The fourth-order valence-electron chi connectivity index (χ4n) is 1.53. The van der Waals surface area contributed by atoms with Crippen LogP contribution in [0.5, 0.6) is 0 Å². The Bertz CT molecular complexity index is 481. The number of anilines is 1. The van der Waals surface area contributed by atoms with Crippen LogP contribution in [0, 0.1) is 6.92 Å². The Morgan fingerprint density at radius 3 is 2.76 bits per heavy atom. The molecule has 2 rings (SSSR count). The summed E-state index contributed by atoms with van der Waals surface area (Å²) in [5.74, 6) is 0.583. The van der Waals surface area contributed by atoms with E-state index in [1.165, 1.54) is 11.1 Å². The summed E-state index contributed by atoms with van der Waals surface area (Å²) in [5.41, 5.74) is 2.47. The summed E-state index contributed by atoms with van der Waals surface area (Å²) < 4.78 is 5.39. The predicted octanol–water partition coefficient (Wildman–Crippen LogP) is 1.71. The first-order valence-corrected chi connectivity index (χ1v) is 5.55. The van der Waals surface area contributed by atoms with Crippen LogP contribution in [0.25, 0.3) is 0 Å². The Hall–Kier alpha value is -1.88. The van der Waals surface area contributed by atoms with Gasteiger partial charge in [0.2, 0.25) is 5.89 Å². The lowest BCUT2D eigenvalue weighted by Gasteiger charge is -2.04. The SMILES string of the molecule is CNCc1nnc(NCc2ccccc2C)o1. The van der Waals surface area contributed by atoms with Gasteiger partial charge in [-0.3, -0.25) is 0 Å². The Morgan fingerprint density at radius 2 is 2.00 bits per heavy atom. The Balaban J connectivity index is 1.95. The number of nitrogens with zero attached hydrogens (tertiary/aromatic N) is 2. The fourth-order valence-corrected chi connectivity index (χ4v) is 1.53. The van der Waals surface area contributed by atoms with Crippen molar-refractivity contribution in [2.45, 2.75) is 20.0 Å². The Labute approximate surface area is 100 Å². The van der Waals surface area contributed by atoms with Gasteiger partial charge in [-0.15, -0.1) is 5.10 Å². The van der Waals surface area contributed by atoms with Gasteiger partial charge in [-0.1, -0.05) is 29.4 Å². The van der Waals surface area contributed by atoms with E-state index in [2.05, 4.69) is 39.9 Å². The standard InChI is InChI=1S/C12H16N4O/c1-9-5-3-4-6-10(9)7-14-12-16-15-11(17-12)8-13-2/h3-6,13H,7-8H2,1-2H3,(H,14,16). The highest BCUT2D eigenvalue weighted by Crippen LogP contribution is 2.10. The van der Waals surface area contributed by atoms with Crippen molar-refractivity contribution in [3.63, 3.8) is 0 Å². The van der Waals surface area contributed by atoms with E-state index in [1.54, 1.807) is 0 Å². The van der Waals surface area contributed by atoms with Gasteiger partial charge in [0.15, 0.2) is 0 Å². The van der Waals surface area contributed by atoms with Crippen LogP contribution in [0.1, 0.15) is 17.0 Å². The highest BCUT2D eigenvalue weighted by atomic mass is 16.4. The molecule has 5 heteroatoms. The van der Waals surface area contributed by atoms with E-state index in [0.29, 0.717) is 25.0 Å². The molecule has 0 spiro atoms. The van der Waals surface area contributed by atoms with Crippen molar-refractivity contribution in [1.82, 2.24) is 15.5 Å². The number of nitrogens with one attached hydrogen (secondary N) is 2. The van der Waals surface area contributed by atoms with Gasteiger partial charge in [0.25, 0.3) is 0 Å². The fraction of sp³-hybridized carbons (Fsp3) is 0.333. The first-order chi connectivity index (χ1) is 8.29. The summed E-state index contributed by atoms with van der Waals surface area (Å²) in [6.07, 6.45) is 0. The first-order valence-electron chi connectivity index (χ1n) is 5.55. The summed E-state index contributed by atoms with van der Waals surface area (Å²) in [7, 11) is 1.84. The number of benzene rings is 1. The van der Waals surface area contributed by atoms with Gasteiger partial charge >= 0.3 is 6.01 Å². The largest absolute Gasteiger partial charge is 0.407 e. The topological polar surface area (TPSA) is 63.0 Å². The molecule has 2 aromatic rings. The first kappa shape index (κ1) is 11.6. The van der Waals surface area contributed by atoms with Crippen molar-refractivity contribution >= 4 is 6.01 Å². The predicted molar refractivity (Wildman–Crippen MR) is 65.6 cm³/mol. The Morgan fingerprint density at radius 1 is 1.18 bits per heavy atom. The number of aryl methyl sites for hydroxylation is 1. The van der Waals surface area contributed by atoms with Gasteiger partial charge in [-0.2, -0.15) is 0 Å². The second-order valence-corrected chi connectivity index (χ2v) is 3.81. The molecule has 5 nitrogen and oxygen atoms in total. The molecule has 90 valence electrons. The van der Waals surface area contributed by atoms with Gasteiger partial charge in [0, 0.05) is 6.54 Å². The van der Waals surface area contributed by atoms with Crippen LogP contribution in [0.4, 0.5) is 6.01 Å². The smallest absolute Gasteiger partial charge is 0.315 e. The van der Waals surface area contributed by atoms with Gasteiger partial charge in [-0.05, 0) is 25.1 Å². The summed E-state index contributed by atoms with van der Waals surface area (Å²) >= 11 is 0. The van der Waals surface area contributed by atoms with Crippen molar-refractivity contribution < 1.29 is 4.42 Å². The molecule has 2 N–H and O–H groups in total. The third kappa shape index (κ3) is 3.04. The lowest BCUT2D eigenvalue weighted by atomic mass is 10.1. The molecule has 1 aromatic carbocycles. The normalized spacial score (nSPS) is 10.5. The molecule has 0 aliphatic carbocycles. The number of rotatable bonds is 5. The lowest BCUT2D eigenvalue weighted by Crippen LogP contribution is -2.04. The zero-order valence-electron chi connectivity index (χ0n) is 10.0. The molecule has 0 saturated heterocycles. The maximum atomic E-state index is 5.39. The molecule has 0 aliphatic rings. The maximum Gasteiger partial charge on any atom is 0.315 e. The van der Waals surface area contributed by atoms with Crippen molar-refractivity contribution in [2.75, 3.05) is 12.4 Å². The molecular formula is C12H16N4O. The molecule has 17 heavy (non-hydrogen) atoms. The average Bonchev–Trinajstić information content (AvgIpc) is 2.76. The number of aromatic nitrogens is 2. The molecule has 0 aliphatic heterocycles. The third-order valence-corrected chi connectivity index (χ3v) is 2.49. The lowest BCUT2D eigenvalue weighted by molar-refractivity contribution is 0.489. The molecule has 0 fully saturated rings. The van der Waals surface area contributed by atoms with Crippen molar-refractivity contribution in [1.29, 1.82) is 0 Å². The van der Waals surface area contributed by atoms with E-state index >= 15 is 0 Å².